The highest BCUT2D eigenvalue weighted by atomic mass is 79.9. The molecule has 6 heteroatoms. The molecule has 0 unspecified atom stereocenters. The highest BCUT2D eigenvalue weighted by molar-refractivity contribution is 9.10. The van der Waals surface area contributed by atoms with E-state index >= 15 is 0 Å². The maximum Gasteiger partial charge on any atom is 0.271 e. The van der Waals surface area contributed by atoms with Crippen molar-refractivity contribution in [2.45, 2.75) is 38.1 Å². The summed E-state index contributed by atoms with van der Waals surface area (Å²) in [7, 11) is 0. The van der Waals surface area contributed by atoms with Gasteiger partial charge < -0.3 is 11.1 Å². The minimum absolute atomic E-state index is 0.236. The van der Waals surface area contributed by atoms with Crippen LogP contribution < -0.4 is 11.1 Å². The Hall–Kier alpha value is -1.01. The van der Waals surface area contributed by atoms with Crippen LogP contribution in [-0.4, -0.2) is 21.4 Å². The maximum atomic E-state index is 12.4. The normalized spacial score (nSPS) is 26.0. The number of nitrogens with zero attached hydrogens (tertiary/aromatic N) is 1. The molecule has 1 amide bonds. The van der Waals surface area contributed by atoms with Gasteiger partial charge in [-0.25, -0.2) is 4.98 Å². The first-order valence-electron chi connectivity index (χ1n) is 6.67. The highest BCUT2D eigenvalue weighted by Gasteiger charge is 2.38. The standard InChI is InChI=1S/C14H18BrN3OS/c1-9-4-6-14(7-5-9,13(16)20)18-12(19)11-10(15)3-2-8-17-11/h2-3,8-9H,4-7H2,1H3,(H2,16,20)(H,18,19). The quantitative estimate of drug-likeness (QED) is 0.818. The van der Waals surface area contributed by atoms with Crippen LogP contribution in [0, 0.1) is 5.92 Å². The molecule has 1 aliphatic carbocycles. The summed E-state index contributed by atoms with van der Waals surface area (Å²) in [6, 6.07) is 3.56. The van der Waals surface area contributed by atoms with E-state index in [2.05, 4.69) is 33.2 Å². The van der Waals surface area contributed by atoms with Crippen LogP contribution in [0.5, 0.6) is 0 Å². The minimum atomic E-state index is -0.574. The van der Waals surface area contributed by atoms with Crippen LogP contribution in [0.3, 0.4) is 0 Å². The second-order valence-corrected chi connectivity index (χ2v) is 6.71. The van der Waals surface area contributed by atoms with Gasteiger partial charge in [-0.05, 0) is 59.7 Å². The number of rotatable bonds is 3. The lowest BCUT2D eigenvalue weighted by Gasteiger charge is -2.39. The fraction of sp³-hybridized carbons (Fsp3) is 0.500. The zero-order valence-corrected chi connectivity index (χ0v) is 13.8. The molecule has 0 radical (unpaired) electrons. The third-order valence-electron chi connectivity index (χ3n) is 3.93. The predicted molar refractivity (Wildman–Crippen MR) is 86.6 cm³/mol. The van der Waals surface area contributed by atoms with Crippen molar-refractivity contribution in [1.29, 1.82) is 0 Å². The van der Waals surface area contributed by atoms with Crippen LogP contribution in [0.25, 0.3) is 0 Å². The molecule has 0 spiro atoms. The summed E-state index contributed by atoms with van der Waals surface area (Å²) in [6.07, 6.45) is 5.21. The molecule has 0 atom stereocenters. The number of carbonyl (C=O) groups is 1. The van der Waals surface area contributed by atoms with Crippen molar-refractivity contribution in [1.82, 2.24) is 10.3 Å². The van der Waals surface area contributed by atoms with Crippen LogP contribution in [0.1, 0.15) is 43.1 Å². The Morgan fingerprint density at radius 2 is 2.20 bits per heavy atom. The number of hydrogen-bond donors (Lipinski definition) is 2. The van der Waals surface area contributed by atoms with E-state index in [-0.39, 0.29) is 5.91 Å². The number of pyridine rings is 1. The fourth-order valence-electron chi connectivity index (χ4n) is 2.52. The topological polar surface area (TPSA) is 68.0 Å². The Bertz CT molecular complexity index is 527. The first kappa shape index (κ1) is 15.4. The highest BCUT2D eigenvalue weighted by Crippen LogP contribution is 2.32. The van der Waals surface area contributed by atoms with Crippen LogP contribution >= 0.6 is 28.1 Å². The van der Waals surface area contributed by atoms with Crippen molar-refractivity contribution < 1.29 is 4.79 Å². The third-order valence-corrected chi connectivity index (χ3v) is 4.96. The van der Waals surface area contributed by atoms with Gasteiger partial charge in [0.25, 0.3) is 5.91 Å². The lowest BCUT2D eigenvalue weighted by Crippen LogP contribution is -2.58. The number of carbonyl (C=O) groups excluding carboxylic acids is 1. The lowest BCUT2D eigenvalue weighted by atomic mass is 9.77. The summed E-state index contributed by atoms with van der Waals surface area (Å²) < 4.78 is 0.666. The number of hydrogen-bond acceptors (Lipinski definition) is 3. The average molecular weight is 356 g/mol. The van der Waals surface area contributed by atoms with Crippen molar-refractivity contribution in [2.75, 3.05) is 0 Å². The van der Waals surface area contributed by atoms with Crippen LogP contribution in [0.4, 0.5) is 0 Å². The van der Waals surface area contributed by atoms with Crippen LogP contribution in [-0.2, 0) is 0 Å². The second kappa shape index (κ2) is 6.18. The lowest BCUT2D eigenvalue weighted by molar-refractivity contribution is 0.0894. The van der Waals surface area contributed by atoms with Gasteiger partial charge in [-0.1, -0.05) is 19.1 Å². The van der Waals surface area contributed by atoms with Gasteiger partial charge in [0.15, 0.2) is 0 Å². The number of aromatic nitrogens is 1. The number of thiocarbonyl (C=S) groups is 1. The maximum absolute atomic E-state index is 12.4. The second-order valence-electron chi connectivity index (χ2n) is 5.42. The predicted octanol–water partition coefficient (Wildman–Crippen LogP) is 2.81. The van der Waals surface area contributed by atoms with E-state index in [1.165, 1.54) is 0 Å². The van der Waals surface area contributed by atoms with Gasteiger partial charge in [-0.15, -0.1) is 0 Å². The van der Waals surface area contributed by atoms with E-state index in [1.54, 1.807) is 18.3 Å². The molecule has 0 aromatic carbocycles. The molecule has 20 heavy (non-hydrogen) atoms. The first-order chi connectivity index (χ1) is 9.44. The molecule has 1 aromatic heterocycles. The largest absolute Gasteiger partial charge is 0.391 e. The van der Waals surface area contributed by atoms with E-state index < -0.39 is 5.54 Å². The van der Waals surface area contributed by atoms with Gasteiger partial charge in [-0.3, -0.25) is 4.79 Å². The van der Waals surface area contributed by atoms with Gasteiger partial charge in [0.2, 0.25) is 0 Å². The molecule has 2 rings (SSSR count). The zero-order chi connectivity index (χ0) is 14.8. The molecule has 0 aliphatic heterocycles. The molecule has 1 aliphatic rings. The molecular weight excluding hydrogens is 338 g/mol. The third kappa shape index (κ3) is 3.17. The Morgan fingerprint density at radius 1 is 1.55 bits per heavy atom. The first-order valence-corrected chi connectivity index (χ1v) is 7.88. The Labute approximate surface area is 132 Å². The van der Waals surface area contributed by atoms with Crippen molar-refractivity contribution in [3.63, 3.8) is 0 Å². The van der Waals surface area contributed by atoms with Crippen molar-refractivity contribution in [2.24, 2.45) is 11.7 Å². The molecule has 1 fully saturated rings. The van der Waals surface area contributed by atoms with Crippen LogP contribution in [0.2, 0.25) is 0 Å². The summed E-state index contributed by atoms with van der Waals surface area (Å²) in [5, 5.41) is 3.01. The van der Waals surface area contributed by atoms with E-state index in [1.807, 2.05) is 0 Å². The molecule has 4 nitrogen and oxygen atoms in total. The molecule has 0 bridgehead atoms. The van der Waals surface area contributed by atoms with E-state index in [0.717, 1.165) is 25.7 Å². The number of halogens is 1. The van der Waals surface area contributed by atoms with Gasteiger partial charge in [0.05, 0.1) is 10.5 Å². The molecule has 1 heterocycles. The molecule has 108 valence electrons. The smallest absolute Gasteiger partial charge is 0.271 e. The monoisotopic (exact) mass is 355 g/mol. The molecule has 0 saturated heterocycles. The SMILES string of the molecule is CC1CCC(NC(=O)c2ncccc2Br)(C(N)=S)CC1. The summed E-state index contributed by atoms with van der Waals surface area (Å²) in [5.74, 6) is 0.413. The molecule has 1 aromatic rings. The zero-order valence-electron chi connectivity index (χ0n) is 11.4. The number of nitrogens with one attached hydrogen (secondary N) is 1. The molecular formula is C14H18BrN3OS. The van der Waals surface area contributed by atoms with Crippen molar-refractivity contribution >= 4 is 39.0 Å². The Kier molecular flexibility index (Phi) is 4.75. The number of amides is 1. The summed E-state index contributed by atoms with van der Waals surface area (Å²) in [5.41, 5.74) is 5.69. The van der Waals surface area contributed by atoms with Gasteiger partial charge in [-0.2, -0.15) is 0 Å². The van der Waals surface area contributed by atoms with Gasteiger partial charge in [0, 0.05) is 10.7 Å². The van der Waals surface area contributed by atoms with Crippen LogP contribution in [0.15, 0.2) is 22.8 Å². The van der Waals surface area contributed by atoms with Crippen molar-refractivity contribution in [3.05, 3.63) is 28.5 Å². The van der Waals surface area contributed by atoms with Crippen molar-refractivity contribution in [3.8, 4) is 0 Å². The Morgan fingerprint density at radius 3 is 2.75 bits per heavy atom. The van der Waals surface area contributed by atoms with Gasteiger partial charge >= 0.3 is 0 Å². The Balaban J connectivity index is 2.19. The van der Waals surface area contributed by atoms with E-state index in [0.29, 0.717) is 21.1 Å². The van der Waals surface area contributed by atoms with E-state index in [4.69, 9.17) is 18.0 Å². The average Bonchev–Trinajstić information content (AvgIpc) is 2.41. The summed E-state index contributed by atoms with van der Waals surface area (Å²) >= 11 is 8.54. The summed E-state index contributed by atoms with van der Waals surface area (Å²) in [4.78, 5) is 16.9. The van der Waals surface area contributed by atoms with Gasteiger partial charge in [0.1, 0.15) is 5.69 Å². The fourth-order valence-corrected chi connectivity index (χ4v) is 3.21. The molecule has 3 N–H and O–H groups in total. The number of nitrogens with two attached hydrogens (primary N) is 1. The minimum Gasteiger partial charge on any atom is -0.391 e. The summed E-state index contributed by atoms with van der Waals surface area (Å²) in [6.45, 7) is 2.21. The molecule has 1 saturated carbocycles. The van der Waals surface area contributed by atoms with E-state index in [9.17, 15) is 4.79 Å².